The van der Waals surface area contributed by atoms with E-state index in [-0.39, 0.29) is 0 Å². The fraction of sp³-hybridized carbons (Fsp3) is 1.00. The lowest BCUT2D eigenvalue weighted by molar-refractivity contribution is -0.0896. The van der Waals surface area contributed by atoms with Gasteiger partial charge in [0.05, 0.1) is 6.73 Å². The van der Waals surface area contributed by atoms with Gasteiger partial charge in [-0.2, -0.15) is 0 Å². The Labute approximate surface area is 77.9 Å². The molecule has 0 atom stereocenters. The fourth-order valence-electron chi connectivity index (χ4n) is 1.44. The van der Waals surface area contributed by atoms with Crippen molar-refractivity contribution in [3.63, 3.8) is 0 Å². The fourth-order valence-corrected chi connectivity index (χ4v) is 1.44. The topological polar surface area (TPSA) is 12.5 Å². The Morgan fingerprint density at radius 3 is 2.38 bits per heavy atom. The van der Waals surface area contributed by atoms with Crippen molar-refractivity contribution in [3.8, 4) is 0 Å². The Kier molecular flexibility index (Phi) is 4.06. The second-order valence-electron chi connectivity index (χ2n) is 3.73. The average Bonchev–Trinajstić information content (AvgIpc) is 2.04. The lowest BCUT2D eigenvalue weighted by atomic mass is 10.1. The van der Waals surface area contributed by atoms with Crippen molar-refractivity contribution in [3.05, 3.63) is 0 Å². The summed E-state index contributed by atoms with van der Waals surface area (Å²) < 4.78 is 29.6. The van der Waals surface area contributed by atoms with Crippen molar-refractivity contribution >= 4 is 0 Å². The molecule has 78 valence electrons. The Morgan fingerprint density at radius 1 is 1.23 bits per heavy atom. The van der Waals surface area contributed by atoms with Crippen LogP contribution in [0, 0.1) is 0 Å². The molecule has 0 aromatic heterocycles. The Hall–Kier alpha value is -0.220. The van der Waals surface area contributed by atoms with E-state index in [1.807, 2.05) is 0 Å². The highest BCUT2D eigenvalue weighted by Gasteiger charge is 2.21. The van der Waals surface area contributed by atoms with Gasteiger partial charge in [-0.3, -0.25) is 4.90 Å². The van der Waals surface area contributed by atoms with Crippen LogP contribution in [0.15, 0.2) is 0 Å². The van der Waals surface area contributed by atoms with Crippen LogP contribution in [0.25, 0.3) is 0 Å². The molecule has 1 rings (SSSR count). The minimum absolute atomic E-state index is 0.351. The number of likely N-dealkylation sites (tertiary alicyclic amines) is 1. The smallest absolute Gasteiger partial charge is 0.268 e. The van der Waals surface area contributed by atoms with Crippen LogP contribution in [0.1, 0.15) is 26.2 Å². The molecular formula is C9H17F2NO. The summed E-state index contributed by atoms with van der Waals surface area (Å²) in [6, 6.07) is 0. The van der Waals surface area contributed by atoms with Crippen LogP contribution in [0.4, 0.5) is 8.78 Å². The summed E-state index contributed by atoms with van der Waals surface area (Å²) in [4.78, 5) is 2.08. The third-order valence-corrected chi connectivity index (χ3v) is 2.08. The molecular weight excluding hydrogens is 176 g/mol. The molecule has 0 saturated carbocycles. The van der Waals surface area contributed by atoms with Crippen LogP contribution >= 0.6 is 0 Å². The Balaban J connectivity index is 2.04. The highest BCUT2D eigenvalue weighted by Crippen LogP contribution is 2.13. The molecule has 1 fully saturated rings. The van der Waals surface area contributed by atoms with E-state index < -0.39 is 12.5 Å². The van der Waals surface area contributed by atoms with Gasteiger partial charge >= 0.3 is 0 Å². The number of hydrogen-bond donors (Lipinski definition) is 0. The lowest BCUT2D eigenvalue weighted by Crippen LogP contribution is -2.33. The molecule has 0 aromatic carbocycles. The van der Waals surface area contributed by atoms with E-state index in [1.54, 1.807) is 0 Å². The number of rotatable bonds is 4. The molecule has 0 amide bonds. The monoisotopic (exact) mass is 193 g/mol. The predicted octanol–water partition coefficient (Wildman–Crippen LogP) is 2.10. The van der Waals surface area contributed by atoms with Crippen molar-refractivity contribution in [2.75, 3.05) is 26.4 Å². The standard InChI is InChI=1S/C9H17F2NO/c1-9(10,11)7-13-8-12-5-3-2-4-6-12/h2-8H2,1H3. The number of hydrogen-bond acceptors (Lipinski definition) is 2. The summed E-state index contributed by atoms with van der Waals surface area (Å²) in [6.45, 7) is 2.72. The van der Waals surface area contributed by atoms with Crippen LogP contribution in [0.2, 0.25) is 0 Å². The minimum atomic E-state index is -2.70. The maximum absolute atomic E-state index is 12.3. The zero-order valence-electron chi connectivity index (χ0n) is 8.06. The largest absolute Gasteiger partial charge is 0.360 e. The normalized spacial score (nSPS) is 20.5. The average molecular weight is 193 g/mol. The van der Waals surface area contributed by atoms with Crippen LogP contribution < -0.4 is 0 Å². The van der Waals surface area contributed by atoms with Crippen LogP contribution in [-0.2, 0) is 4.74 Å². The second kappa shape index (κ2) is 4.86. The van der Waals surface area contributed by atoms with E-state index in [0.717, 1.165) is 32.9 Å². The Morgan fingerprint density at radius 2 is 1.85 bits per heavy atom. The molecule has 0 radical (unpaired) electrons. The zero-order valence-corrected chi connectivity index (χ0v) is 8.06. The second-order valence-corrected chi connectivity index (χ2v) is 3.73. The molecule has 1 heterocycles. The molecule has 0 N–H and O–H groups in total. The molecule has 1 aliphatic rings. The van der Waals surface area contributed by atoms with Crippen molar-refractivity contribution in [2.24, 2.45) is 0 Å². The highest BCUT2D eigenvalue weighted by molar-refractivity contribution is 4.61. The summed E-state index contributed by atoms with van der Waals surface area (Å²) in [6.07, 6.45) is 3.57. The minimum Gasteiger partial charge on any atom is -0.360 e. The molecule has 13 heavy (non-hydrogen) atoms. The van der Waals surface area contributed by atoms with E-state index in [0.29, 0.717) is 6.73 Å². The van der Waals surface area contributed by atoms with Gasteiger partial charge in [0, 0.05) is 20.0 Å². The molecule has 0 spiro atoms. The molecule has 0 unspecified atom stereocenters. The predicted molar refractivity (Wildman–Crippen MR) is 46.9 cm³/mol. The van der Waals surface area contributed by atoms with E-state index in [4.69, 9.17) is 4.74 Å². The molecule has 0 bridgehead atoms. The third-order valence-electron chi connectivity index (χ3n) is 2.08. The van der Waals surface area contributed by atoms with Crippen LogP contribution in [0.5, 0.6) is 0 Å². The van der Waals surface area contributed by atoms with Gasteiger partial charge in [-0.25, -0.2) is 8.78 Å². The van der Waals surface area contributed by atoms with Gasteiger partial charge in [-0.05, 0) is 12.8 Å². The summed E-state index contributed by atoms with van der Waals surface area (Å²) in [5.41, 5.74) is 0. The maximum Gasteiger partial charge on any atom is 0.268 e. The first-order valence-corrected chi connectivity index (χ1v) is 4.76. The third kappa shape index (κ3) is 5.16. The van der Waals surface area contributed by atoms with Crippen molar-refractivity contribution < 1.29 is 13.5 Å². The van der Waals surface area contributed by atoms with E-state index >= 15 is 0 Å². The van der Waals surface area contributed by atoms with Gasteiger partial charge in [0.2, 0.25) is 0 Å². The van der Waals surface area contributed by atoms with Crippen LogP contribution in [0.3, 0.4) is 0 Å². The number of nitrogens with zero attached hydrogens (tertiary/aromatic N) is 1. The van der Waals surface area contributed by atoms with Gasteiger partial charge in [-0.15, -0.1) is 0 Å². The summed E-state index contributed by atoms with van der Waals surface area (Å²) >= 11 is 0. The molecule has 1 aliphatic heterocycles. The summed E-state index contributed by atoms with van der Waals surface area (Å²) in [5, 5.41) is 0. The number of ether oxygens (including phenoxy) is 1. The molecule has 0 aliphatic carbocycles. The van der Waals surface area contributed by atoms with Gasteiger partial charge in [-0.1, -0.05) is 6.42 Å². The number of halogens is 2. The number of alkyl halides is 2. The van der Waals surface area contributed by atoms with Gasteiger partial charge in [0.25, 0.3) is 5.92 Å². The first-order chi connectivity index (χ1) is 6.08. The van der Waals surface area contributed by atoms with E-state index in [1.165, 1.54) is 6.42 Å². The van der Waals surface area contributed by atoms with Crippen molar-refractivity contribution in [2.45, 2.75) is 32.1 Å². The van der Waals surface area contributed by atoms with Crippen molar-refractivity contribution in [1.82, 2.24) is 4.90 Å². The highest BCUT2D eigenvalue weighted by atomic mass is 19.3. The summed E-state index contributed by atoms with van der Waals surface area (Å²) in [7, 11) is 0. The van der Waals surface area contributed by atoms with E-state index in [9.17, 15) is 8.78 Å². The first kappa shape index (κ1) is 10.9. The molecule has 0 aromatic rings. The molecule has 2 nitrogen and oxygen atoms in total. The van der Waals surface area contributed by atoms with Gasteiger partial charge < -0.3 is 4.74 Å². The first-order valence-electron chi connectivity index (χ1n) is 4.76. The van der Waals surface area contributed by atoms with Crippen LogP contribution in [-0.4, -0.2) is 37.2 Å². The quantitative estimate of drug-likeness (QED) is 0.678. The summed E-state index contributed by atoms with van der Waals surface area (Å²) in [5.74, 6) is -2.70. The molecule has 4 heteroatoms. The SMILES string of the molecule is CC(F)(F)COCN1CCCCC1. The maximum atomic E-state index is 12.3. The number of piperidine rings is 1. The van der Waals surface area contributed by atoms with Gasteiger partial charge in [0.15, 0.2) is 0 Å². The van der Waals surface area contributed by atoms with E-state index in [2.05, 4.69) is 4.90 Å². The van der Waals surface area contributed by atoms with Gasteiger partial charge in [0.1, 0.15) is 6.61 Å². The zero-order chi connectivity index (χ0) is 9.73. The lowest BCUT2D eigenvalue weighted by Gasteiger charge is -2.26. The van der Waals surface area contributed by atoms with Crippen molar-refractivity contribution in [1.29, 1.82) is 0 Å². The molecule has 1 saturated heterocycles. The Bertz CT molecular complexity index is 141.